The summed E-state index contributed by atoms with van der Waals surface area (Å²) in [7, 11) is 0. The maximum absolute atomic E-state index is 13.2. The van der Waals surface area contributed by atoms with Crippen molar-refractivity contribution in [3.05, 3.63) is 0 Å². The zero-order valence-corrected chi connectivity index (χ0v) is 26.9. The van der Waals surface area contributed by atoms with Gasteiger partial charge in [-0.2, -0.15) is 0 Å². The van der Waals surface area contributed by atoms with Crippen LogP contribution in [0.5, 0.6) is 0 Å². The summed E-state index contributed by atoms with van der Waals surface area (Å²) in [6.07, 6.45) is 7.82. The van der Waals surface area contributed by atoms with E-state index in [0.717, 1.165) is 58.2 Å². The molecule has 0 aromatic heterocycles. The Morgan fingerprint density at radius 3 is 2.18 bits per heavy atom. The number of piperidine rings is 3. The summed E-state index contributed by atoms with van der Waals surface area (Å²) in [5, 5.41) is 11.6. The molecule has 0 saturated carbocycles. The Morgan fingerprint density at radius 2 is 1.61 bits per heavy atom. The molecule has 3 heterocycles. The molecule has 0 aromatic rings. The van der Waals surface area contributed by atoms with Crippen LogP contribution in [-0.4, -0.2) is 91.6 Å². The van der Waals surface area contributed by atoms with Gasteiger partial charge in [0.15, 0.2) is 5.96 Å². The van der Waals surface area contributed by atoms with Crippen LogP contribution in [0.15, 0.2) is 4.99 Å². The second-order valence-electron chi connectivity index (χ2n) is 12.4. The molecule has 4 atom stereocenters. The number of nitrogens with two attached hydrogens (primary N) is 2. The summed E-state index contributed by atoms with van der Waals surface area (Å²) in [4.78, 5) is 69.7. The van der Waals surface area contributed by atoms with Gasteiger partial charge in [-0.15, -0.1) is 0 Å². The Morgan fingerprint density at radius 1 is 0.932 bits per heavy atom. The Balaban J connectivity index is 1.88. The molecule has 3 rings (SSSR count). The van der Waals surface area contributed by atoms with Crippen LogP contribution in [0, 0.1) is 17.8 Å². The van der Waals surface area contributed by atoms with Crippen molar-refractivity contribution in [2.75, 3.05) is 32.7 Å². The van der Waals surface area contributed by atoms with Gasteiger partial charge in [-0.1, -0.05) is 33.6 Å². The number of fused-ring (bicyclic) bond motifs is 3. The van der Waals surface area contributed by atoms with E-state index in [1.54, 1.807) is 6.92 Å². The average Bonchev–Trinajstić information content (AvgIpc) is 3.00. The predicted molar refractivity (Wildman–Crippen MR) is 170 cm³/mol. The van der Waals surface area contributed by atoms with Crippen LogP contribution in [-0.2, 0) is 24.0 Å². The predicted octanol–water partition coefficient (Wildman–Crippen LogP) is 0.558. The fourth-order valence-corrected chi connectivity index (χ4v) is 6.07. The maximum Gasteiger partial charge on any atom is 0.243 e. The summed E-state index contributed by atoms with van der Waals surface area (Å²) < 4.78 is 0. The van der Waals surface area contributed by atoms with E-state index in [4.69, 9.17) is 11.5 Å². The summed E-state index contributed by atoms with van der Waals surface area (Å²) in [6.45, 7) is 9.42. The van der Waals surface area contributed by atoms with Crippen LogP contribution in [0.2, 0.25) is 0 Å². The average molecular weight is 621 g/mol. The minimum Gasteiger partial charge on any atom is -0.370 e. The van der Waals surface area contributed by atoms with Gasteiger partial charge in [0.2, 0.25) is 23.6 Å². The number of carbonyl (C=O) groups is 5. The molecule has 8 N–H and O–H groups in total. The lowest BCUT2D eigenvalue weighted by molar-refractivity contribution is -0.134. The minimum absolute atomic E-state index is 0.0176. The number of guanidine groups is 1. The highest BCUT2D eigenvalue weighted by Gasteiger charge is 2.36. The number of hydrogen-bond acceptors (Lipinski definition) is 7. The standard InChI is InChI=1S/C31H56N8O5/c1-4-8-23(9-5-2)29(43)38-25(18-27(41)37-26-19-39-16-12-22(26)13-17-39)30(44)34-14-6-10-21(3)28(42)36-24(20-40)11-7-15-35-31(32)33/h20-26H,4-19H2,1-3H3,(H,34,44)(H,36,42)(H,37,41)(H,38,43)(H4,32,33,35)/t21?,24-,25-,26?/m0/s1. The second-order valence-corrected chi connectivity index (χ2v) is 12.4. The molecule has 0 aromatic carbocycles. The summed E-state index contributed by atoms with van der Waals surface area (Å²) in [5.41, 5.74) is 10.6. The molecular weight excluding hydrogens is 564 g/mol. The molecule has 44 heavy (non-hydrogen) atoms. The first-order chi connectivity index (χ1) is 21.1. The molecule has 3 fully saturated rings. The van der Waals surface area contributed by atoms with E-state index in [9.17, 15) is 24.0 Å². The van der Waals surface area contributed by atoms with Gasteiger partial charge in [-0.05, 0) is 70.4 Å². The first kappa shape index (κ1) is 37.0. The highest BCUT2D eigenvalue weighted by atomic mass is 16.2. The van der Waals surface area contributed by atoms with Crippen LogP contribution in [0.4, 0.5) is 0 Å². The monoisotopic (exact) mass is 620 g/mol. The van der Waals surface area contributed by atoms with Gasteiger partial charge in [-0.3, -0.25) is 24.2 Å². The highest BCUT2D eigenvalue weighted by molar-refractivity contribution is 5.92. The number of hydrogen-bond donors (Lipinski definition) is 6. The highest BCUT2D eigenvalue weighted by Crippen LogP contribution is 2.27. The van der Waals surface area contributed by atoms with E-state index >= 15 is 0 Å². The molecule has 3 aliphatic heterocycles. The quantitative estimate of drug-likeness (QED) is 0.0462. The molecule has 4 amide bonds. The lowest BCUT2D eigenvalue weighted by Crippen LogP contribution is -2.58. The normalized spacial score (nSPS) is 21.0. The molecule has 3 aliphatic rings. The summed E-state index contributed by atoms with van der Waals surface area (Å²) in [5.74, 6) is -1.23. The molecule has 250 valence electrons. The number of aldehydes is 1. The van der Waals surface area contributed by atoms with Crippen molar-refractivity contribution in [3.63, 3.8) is 0 Å². The summed E-state index contributed by atoms with van der Waals surface area (Å²) >= 11 is 0. The SMILES string of the molecule is CCCC(CCC)C(=O)N[C@@H](CC(=O)NC1CN2CCC1CC2)C(=O)NCCCC(C)C(=O)N[C@H](C=O)CCCN=C(N)N. The molecule has 0 aliphatic carbocycles. The van der Waals surface area contributed by atoms with Gasteiger partial charge in [0.25, 0.3) is 0 Å². The van der Waals surface area contributed by atoms with E-state index in [1.807, 2.05) is 13.8 Å². The van der Waals surface area contributed by atoms with Gasteiger partial charge in [-0.25, -0.2) is 0 Å². The number of amides is 4. The second kappa shape index (κ2) is 19.9. The number of rotatable bonds is 21. The first-order valence-electron chi connectivity index (χ1n) is 16.5. The molecular formula is C31H56N8O5. The van der Waals surface area contributed by atoms with Crippen molar-refractivity contribution in [3.8, 4) is 0 Å². The van der Waals surface area contributed by atoms with Crippen LogP contribution >= 0.6 is 0 Å². The molecule has 2 unspecified atom stereocenters. The van der Waals surface area contributed by atoms with Crippen molar-refractivity contribution < 1.29 is 24.0 Å². The van der Waals surface area contributed by atoms with Gasteiger partial charge in [0.1, 0.15) is 12.3 Å². The van der Waals surface area contributed by atoms with Crippen molar-refractivity contribution in [1.82, 2.24) is 26.2 Å². The molecule has 2 bridgehead atoms. The third kappa shape index (κ3) is 13.2. The van der Waals surface area contributed by atoms with E-state index in [-0.39, 0.29) is 54.5 Å². The van der Waals surface area contributed by atoms with Crippen LogP contribution in [0.25, 0.3) is 0 Å². The summed E-state index contributed by atoms with van der Waals surface area (Å²) in [6, 6.07) is -1.53. The lowest BCUT2D eigenvalue weighted by atomic mass is 9.84. The Labute approximate surface area is 262 Å². The Hall–Kier alpha value is -3.22. The Kier molecular flexibility index (Phi) is 16.8. The largest absolute Gasteiger partial charge is 0.370 e. The van der Waals surface area contributed by atoms with E-state index in [0.29, 0.717) is 44.4 Å². The number of nitrogens with zero attached hydrogens (tertiary/aromatic N) is 2. The van der Waals surface area contributed by atoms with Gasteiger partial charge >= 0.3 is 0 Å². The Bertz CT molecular complexity index is 959. The van der Waals surface area contributed by atoms with Crippen LogP contribution < -0.4 is 32.7 Å². The number of aliphatic imine (C=N–C) groups is 1. The van der Waals surface area contributed by atoms with E-state index < -0.39 is 18.0 Å². The van der Waals surface area contributed by atoms with E-state index in [1.165, 1.54) is 0 Å². The third-order valence-corrected chi connectivity index (χ3v) is 8.69. The van der Waals surface area contributed by atoms with Crippen molar-refractivity contribution >= 4 is 35.9 Å². The molecule has 13 nitrogen and oxygen atoms in total. The van der Waals surface area contributed by atoms with Crippen molar-refractivity contribution in [1.29, 1.82) is 0 Å². The first-order valence-corrected chi connectivity index (χ1v) is 16.5. The maximum atomic E-state index is 13.2. The molecule has 13 heteroatoms. The lowest BCUT2D eigenvalue weighted by Gasteiger charge is -2.45. The van der Waals surface area contributed by atoms with E-state index in [2.05, 4.69) is 31.2 Å². The van der Waals surface area contributed by atoms with Gasteiger partial charge < -0.3 is 42.4 Å². The van der Waals surface area contributed by atoms with Gasteiger partial charge in [0.05, 0.1) is 12.5 Å². The zero-order valence-electron chi connectivity index (χ0n) is 26.9. The minimum atomic E-state index is -0.979. The van der Waals surface area contributed by atoms with Crippen LogP contribution in [0.3, 0.4) is 0 Å². The smallest absolute Gasteiger partial charge is 0.243 e. The number of carbonyl (C=O) groups excluding carboxylic acids is 5. The number of nitrogens with one attached hydrogen (secondary N) is 4. The molecule has 3 saturated heterocycles. The van der Waals surface area contributed by atoms with Crippen molar-refractivity contribution in [2.24, 2.45) is 34.2 Å². The topological polar surface area (TPSA) is 201 Å². The fraction of sp³-hybridized carbons (Fsp3) is 0.806. The zero-order chi connectivity index (χ0) is 32.5. The van der Waals surface area contributed by atoms with Crippen molar-refractivity contribution in [2.45, 2.75) is 110 Å². The third-order valence-electron chi connectivity index (χ3n) is 8.69. The molecule has 0 radical (unpaired) electrons. The van der Waals surface area contributed by atoms with Gasteiger partial charge in [0, 0.05) is 37.5 Å². The molecule has 0 spiro atoms. The van der Waals surface area contributed by atoms with Crippen LogP contribution in [0.1, 0.15) is 91.4 Å². The fourth-order valence-electron chi connectivity index (χ4n) is 6.07.